The maximum atomic E-state index is 11.0. The number of carbonyl (C=O) groups is 4. The van der Waals surface area contributed by atoms with Crippen LogP contribution in [0.2, 0.25) is 5.15 Å². The number of alkyl halides is 1. The number of pyridine rings is 4. The van der Waals surface area contributed by atoms with Crippen LogP contribution in [0.4, 0.5) is 22.7 Å². The zero-order chi connectivity index (χ0) is 83.3. The molecule has 4 heterocycles. The second kappa shape index (κ2) is 52.8. The number of nitro groups is 6. The predicted molar refractivity (Wildman–Crippen MR) is 402 cm³/mol. The third-order valence-corrected chi connectivity index (χ3v) is 11.5. The monoisotopic (exact) mass is 1520 g/mol. The minimum absolute atomic E-state index is 0. The van der Waals surface area contributed by atoms with Crippen molar-refractivity contribution in [3.63, 3.8) is 0 Å². The molecule has 0 aromatic carbocycles. The molecule has 0 bridgehead atoms. The number of allylic oxidation sites excluding steroid dienone is 1. The SMILES string of the molecule is CC(=O)C[N+](=O)[O-].CC(C)(C)/C(C=O)=C/O.CC(C)(C)Cl.CC(C)(C)c1c[nH]c(=O)c([N+](=O)[O-])c1.CC(C)(C)c1cnc(Cl)c([N+](=O)[O-])c1.Cc1ncc(C(C)(C)C)cc1N.Cc1ncc(C(C)(C)C)cc1[N+](=O)[O-].N.NC(=O)C[N+](=O)[O-].NC(=O)C[N+](=O)[O-].O.[C-]#[N+]C(C#N)C(C)(C)C.[C-]#[N+]C[N+]#[C-]. The van der Waals surface area contributed by atoms with Gasteiger partial charge in [-0.3, -0.25) is 99.5 Å². The van der Waals surface area contributed by atoms with Crippen LogP contribution in [0.5, 0.6) is 0 Å². The second-order valence-electron chi connectivity index (χ2n) is 28.2. The molecule has 0 aliphatic heterocycles. The molecule has 0 aliphatic rings. The summed E-state index contributed by atoms with van der Waals surface area (Å²) in [5.74, 6) is -2.24. The number of Topliss-reactive ketones (excluding diaryl/α,β-unsaturated/α-hetero) is 1. The molecule has 105 heavy (non-hydrogen) atoms. The van der Waals surface area contributed by atoms with Gasteiger partial charge in [0.25, 0.3) is 37.1 Å². The van der Waals surface area contributed by atoms with E-state index in [2.05, 4.69) is 66.7 Å². The zero-order valence-corrected chi connectivity index (χ0v) is 65.6. The summed E-state index contributed by atoms with van der Waals surface area (Å²) in [6.45, 7) is 62.5. The van der Waals surface area contributed by atoms with Crippen LogP contribution in [-0.2, 0) is 40.8 Å². The van der Waals surface area contributed by atoms with Crippen molar-refractivity contribution in [3.05, 3.63) is 205 Å². The fraction of sp³-hybridized carbons (Fsp3) is 0.545. The van der Waals surface area contributed by atoms with Crippen LogP contribution in [0, 0.1) is 116 Å². The Balaban J connectivity index is -0.000000140. The van der Waals surface area contributed by atoms with Crippen LogP contribution in [0.1, 0.15) is 186 Å². The summed E-state index contributed by atoms with van der Waals surface area (Å²) in [5, 5.41) is 76.6. The van der Waals surface area contributed by atoms with E-state index in [9.17, 15) is 84.7 Å². The Morgan fingerprint density at radius 3 is 1.14 bits per heavy atom. The van der Waals surface area contributed by atoms with E-state index in [1.165, 1.54) is 30.8 Å². The summed E-state index contributed by atoms with van der Waals surface area (Å²) >= 11 is 11.1. The summed E-state index contributed by atoms with van der Waals surface area (Å²) in [5.41, 5.74) is 18.9. The molecule has 0 aliphatic carbocycles. The Hall–Kier alpha value is -11.1. The smallest absolute Gasteiger partial charge is 0.466 e. The molecule has 0 spiro atoms. The van der Waals surface area contributed by atoms with Gasteiger partial charge in [-0.2, -0.15) is 5.26 Å². The molecule has 0 fully saturated rings. The number of aromatic nitrogens is 4. The van der Waals surface area contributed by atoms with E-state index in [4.69, 9.17) is 59.0 Å². The van der Waals surface area contributed by atoms with Crippen molar-refractivity contribution >= 4 is 69.8 Å². The number of aldehydes is 1. The van der Waals surface area contributed by atoms with Crippen molar-refractivity contribution in [1.82, 2.24) is 26.1 Å². The van der Waals surface area contributed by atoms with E-state index in [0.29, 0.717) is 17.6 Å². The first-order chi connectivity index (χ1) is 46.2. The first-order valence-electron chi connectivity index (χ1n) is 30.1. The molecule has 1 atom stereocenters. The fourth-order valence-electron chi connectivity index (χ4n) is 5.38. The van der Waals surface area contributed by atoms with E-state index in [0.717, 1.165) is 34.3 Å². The van der Waals surface area contributed by atoms with E-state index >= 15 is 0 Å². The molecule has 0 radical (unpaired) electrons. The highest BCUT2D eigenvalue weighted by atomic mass is 35.5. The number of anilines is 1. The van der Waals surface area contributed by atoms with Gasteiger partial charge in [-0.15, -0.1) is 11.6 Å². The van der Waals surface area contributed by atoms with Crippen molar-refractivity contribution in [2.24, 2.45) is 22.3 Å². The van der Waals surface area contributed by atoms with Gasteiger partial charge in [0, 0.05) is 75.1 Å². The van der Waals surface area contributed by atoms with Gasteiger partial charge in [0.1, 0.15) is 12.0 Å². The van der Waals surface area contributed by atoms with Gasteiger partial charge >= 0.3 is 29.6 Å². The quantitative estimate of drug-likeness (QED) is 0.0125. The van der Waals surface area contributed by atoms with Gasteiger partial charge in [-0.1, -0.05) is 136 Å². The molecule has 4 aromatic rings. The molecule has 4 aromatic heterocycles. The number of hydrogen-bond donors (Lipinski definition) is 6. The number of primary amides is 2. The van der Waals surface area contributed by atoms with E-state index < -0.39 is 84.1 Å². The Morgan fingerprint density at radius 2 is 0.943 bits per heavy atom. The number of nitrogen functional groups attached to an aromatic ring is 1. The lowest BCUT2D eigenvalue weighted by molar-refractivity contribution is -0.467. The summed E-state index contributed by atoms with van der Waals surface area (Å²) in [4.78, 5) is 129. The Kier molecular flexibility index (Phi) is 56.5. The highest BCUT2D eigenvalue weighted by molar-refractivity contribution is 6.31. The standard InChI is InChI=1S/C10H14N2O2.C10H16N2.C9H11ClN2O2.C9H12N2O3.C7H10N2.C7H12O2.C4H9Cl.C3H2N2.C3H5NO3.2C2H4N2O3.H3N.H2O/c1-7-9(12(13)14)5-8(6-11-7)10(2,3)4;1-7-9(11)5-8(6-12-7)10(2,3)4;1-9(2,3)6-4-7(12(13)14)8(10)11-5-6;1-9(2,3)6-4-7(11(13)14)8(12)10-5-6;1-7(2,3)6(5-8)9-4;1-7(2,3)6(4-8)5-9;1-4(2,3)5;1-4-3-5-2;1-3(5)2-4(6)7;2*3-2(5)1-4(6)7;;/h5-6H,1-4H3;5-6H,11H2,1-4H3;4-5H,1-3H3;4-5H,1-3H3,(H,10,12);6H,1-3H3;4-5,8H,1-3H3;1-3H3;3H2;2H2,1H3;2*1H2,(H2,3,5);1H3;1H2/b;;;;;6-4+;;;;;;;. The summed E-state index contributed by atoms with van der Waals surface area (Å²) in [6, 6.07) is 7.82. The summed E-state index contributed by atoms with van der Waals surface area (Å²) in [7, 11) is 0. The largest absolute Gasteiger partial charge is 0.515 e. The van der Waals surface area contributed by atoms with Gasteiger partial charge < -0.3 is 38.9 Å². The number of aryl methyl sites for hydroxylation is 2. The highest BCUT2D eigenvalue weighted by Gasteiger charge is 2.29. The number of aliphatic hydroxyl groups excluding tert-OH is 1. The predicted octanol–water partition coefficient (Wildman–Crippen LogP) is 12.4. The third-order valence-electron chi connectivity index (χ3n) is 11.2. The number of amides is 2. The number of aliphatic hydroxyl groups is 1. The highest BCUT2D eigenvalue weighted by Crippen LogP contribution is 2.30. The molecule has 2 amide bonds. The van der Waals surface area contributed by atoms with Crippen LogP contribution < -0.4 is 28.9 Å². The van der Waals surface area contributed by atoms with Crippen LogP contribution in [0.3, 0.4) is 0 Å². The number of nitrogens with one attached hydrogen (secondary N) is 1. The molecule has 1 unspecified atom stereocenters. The lowest BCUT2D eigenvalue weighted by Crippen LogP contribution is -2.21. The van der Waals surface area contributed by atoms with Gasteiger partial charge in [0.05, 0.1) is 37.8 Å². The van der Waals surface area contributed by atoms with Crippen LogP contribution in [-0.4, -0.2) is 121 Å². The summed E-state index contributed by atoms with van der Waals surface area (Å²) in [6.07, 6.45) is 8.19. The first-order valence-corrected chi connectivity index (χ1v) is 30.8. The molecular formula is C66H104Cl2N18O19. The molecular weight excluding hydrogens is 1420 g/mol. The van der Waals surface area contributed by atoms with E-state index in [-0.39, 0.29) is 72.2 Å². The van der Waals surface area contributed by atoms with Crippen LogP contribution in [0.25, 0.3) is 14.5 Å². The molecule has 586 valence electrons. The van der Waals surface area contributed by atoms with Crippen molar-refractivity contribution in [2.45, 2.75) is 199 Å². The maximum Gasteiger partial charge on any atom is 0.466 e. The van der Waals surface area contributed by atoms with Crippen LogP contribution >= 0.6 is 23.2 Å². The van der Waals surface area contributed by atoms with Crippen molar-refractivity contribution < 1.29 is 59.3 Å². The number of halogens is 2. The average molecular weight is 1520 g/mol. The van der Waals surface area contributed by atoms with Gasteiger partial charge in [0.2, 0.25) is 5.15 Å². The normalized spacial score (nSPS) is 10.6. The molecule has 13 N–H and O–H groups in total. The van der Waals surface area contributed by atoms with Crippen molar-refractivity contribution in [2.75, 3.05) is 32.0 Å². The molecule has 37 nitrogen and oxygen atoms in total. The van der Waals surface area contributed by atoms with Crippen molar-refractivity contribution in [1.29, 1.82) is 5.26 Å². The lowest BCUT2D eigenvalue weighted by Gasteiger charge is -2.19. The molecule has 39 heteroatoms. The van der Waals surface area contributed by atoms with Gasteiger partial charge in [-0.25, -0.2) is 34.4 Å². The number of ketones is 1. The topological polar surface area (TPSA) is 600 Å². The fourth-order valence-corrected chi connectivity index (χ4v) is 5.55. The number of H-pyrrole nitrogens is 1. The lowest BCUT2D eigenvalue weighted by atomic mass is 9.88. The second-order valence-corrected chi connectivity index (χ2v) is 29.7. The number of nitriles is 1. The number of rotatable bonds is 10. The van der Waals surface area contributed by atoms with Crippen LogP contribution in [0.15, 0.2) is 65.7 Å². The van der Waals surface area contributed by atoms with Crippen molar-refractivity contribution in [3.8, 4) is 6.07 Å². The molecule has 0 saturated heterocycles. The van der Waals surface area contributed by atoms with E-state index in [1.807, 2.05) is 150 Å². The summed E-state index contributed by atoms with van der Waals surface area (Å²) < 4.78 is 0. The minimum atomic E-state index is -0.912. The average Bonchev–Trinajstić information content (AvgIpc) is 0.843. The first kappa shape index (κ1) is 112. The van der Waals surface area contributed by atoms with Gasteiger partial charge in [-0.05, 0) is 90.0 Å². The van der Waals surface area contributed by atoms with E-state index in [1.54, 1.807) is 25.4 Å². The van der Waals surface area contributed by atoms with Gasteiger partial charge in [0.15, 0.2) is 11.9 Å². The zero-order valence-electron chi connectivity index (χ0n) is 64.1. The Labute approximate surface area is 622 Å². The number of hydrogen-bond acceptors (Lipinski definition) is 24. The maximum absolute atomic E-state index is 11.0. The number of nitrogens with two attached hydrogens (primary N) is 3. The Morgan fingerprint density at radius 1 is 0.619 bits per heavy atom. The number of nitrogens with zero attached hydrogens (tertiary/aromatic N) is 13. The molecule has 4 rings (SSSR count). The third kappa shape index (κ3) is 62.4. The number of carbonyl (C=O) groups excluding carboxylic acids is 4. The minimum Gasteiger partial charge on any atom is -0.515 e. The Bertz CT molecular complexity index is 3530. The number of aromatic amines is 1. The molecule has 0 saturated carbocycles.